The summed E-state index contributed by atoms with van der Waals surface area (Å²) in [7, 11) is 1.67. The second-order valence-electron chi connectivity index (χ2n) is 4.97. The van der Waals surface area contributed by atoms with Crippen molar-refractivity contribution in [1.82, 2.24) is 10.7 Å². The number of nitrogens with zero attached hydrogens (tertiary/aromatic N) is 1. The average molecular weight is 301 g/mol. The van der Waals surface area contributed by atoms with E-state index in [4.69, 9.17) is 17.0 Å². The maximum atomic E-state index is 5.22. The van der Waals surface area contributed by atoms with E-state index in [0.29, 0.717) is 5.11 Å². The smallest absolute Gasteiger partial charge is 0.187 e. The molecule has 0 radical (unpaired) electrons. The van der Waals surface area contributed by atoms with Gasteiger partial charge in [-0.15, -0.1) is 0 Å². The zero-order valence-corrected chi connectivity index (χ0v) is 13.2. The monoisotopic (exact) mass is 301 g/mol. The predicted molar refractivity (Wildman–Crippen MR) is 92.1 cm³/mol. The van der Waals surface area contributed by atoms with Gasteiger partial charge < -0.3 is 10.1 Å². The van der Waals surface area contributed by atoms with E-state index in [1.54, 1.807) is 13.3 Å². The minimum Gasteiger partial charge on any atom is -0.497 e. The molecule has 0 aliphatic carbocycles. The Balaban J connectivity index is 2.07. The fourth-order valence-electron chi connectivity index (χ4n) is 1.91. The quantitative estimate of drug-likeness (QED) is 0.517. The van der Waals surface area contributed by atoms with E-state index >= 15 is 0 Å². The molecule has 110 valence electrons. The molecule has 2 N–H and O–H groups in total. The molecule has 0 aliphatic heterocycles. The van der Waals surface area contributed by atoms with Crippen LogP contribution in [0.5, 0.6) is 5.75 Å². The highest BCUT2D eigenvalue weighted by Gasteiger charge is 1.98. The number of methoxy groups -OCH3 is 1. The Labute approximate surface area is 130 Å². The van der Waals surface area contributed by atoms with Crippen LogP contribution in [0, 0.1) is 0 Å². The lowest BCUT2D eigenvalue weighted by atomic mass is 10.1. The van der Waals surface area contributed by atoms with Crippen LogP contribution < -0.4 is 15.5 Å². The summed E-state index contributed by atoms with van der Waals surface area (Å²) in [5, 5.41) is 9.99. The molecule has 5 heteroatoms. The molecular weight excluding hydrogens is 282 g/mol. The molecule has 0 heterocycles. The van der Waals surface area contributed by atoms with Crippen molar-refractivity contribution in [1.29, 1.82) is 0 Å². The van der Waals surface area contributed by atoms with Crippen molar-refractivity contribution < 1.29 is 4.74 Å². The topological polar surface area (TPSA) is 45.6 Å². The van der Waals surface area contributed by atoms with Gasteiger partial charge in [-0.2, -0.15) is 5.10 Å². The van der Waals surface area contributed by atoms with Crippen LogP contribution in [-0.4, -0.2) is 24.5 Å². The van der Waals surface area contributed by atoms with Gasteiger partial charge in [0, 0.05) is 6.04 Å². The highest BCUT2D eigenvalue weighted by molar-refractivity contribution is 7.80. The van der Waals surface area contributed by atoms with E-state index in [1.165, 1.54) is 0 Å². The second-order valence-corrected chi connectivity index (χ2v) is 5.38. The van der Waals surface area contributed by atoms with Crippen molar-refractivity contribution in [3.63, 3.8) is 0 Å². The van der Waals surface area contributed by atoms with Gasteiger partial charge in [-0.05, 0) is 60.6 Å². The van der Waals surface area contributed by atoms with Gasteiger partial charge in [-0.3, -0.25) is 5.43 Å². The zero-order chi connectivity index (χ0) is 15.2. The molecule has 0 spiro atoms. The molecule has 2 rings (SSSR count). The lowest BCUT2D eigenvalue weighted by molar-refractivity contribution is 0.415. The SMILES string of the molecule is COc1ccc2cc(/C=N\NC(=S)NC(C)C)ccc2c1. The van der Waals surface area contributed by atoms with Crippen LogP contribution >= 0.6 is 12.2 Å². The molecule has 0 aromatic heterocycles. The first kappa shape index (κ1) is 15.3. The molecule has 0 saturated heterocycles. The van der Waals surface area contributed by atoms with E-state index in [-0.39, 0.29) is 6.04 Å². The highest BCUT2D eigenvalue weighted by Crippen LogP contribution is 2.21. The van der Waals surface area contributed by atoms with Crippen LogP contribution in [-0.2, 0) is 0 Å². The Bertz CT molecular complexity index is 668. The maximum Gasteiger partial charge on any atom is 0.187 e. The summed E-state index contributed by atoms with van der Waals surface area (Å²) in [5.41, 5.74) is 3.81. The van der Waals surface area contributed by atoms with E-state index in [9.17, 15) is 0 Å². The summed E-state index contributed by atoms with van der Waals surface area (Å²) in [6, 6.07) is 12.4. The third-order valence-corrected chi connectivity index (χ3v) is 3.08. The lowest BCUT2D eigenvalue weighted by Crippen LogP contribution is -2.36. The minimum atomic E-state index is 0.288. The van der Waals surface area contributed by atoms with Crippen molar-refractivity contribution >= 4 is 34.3 Å². The highest BCUT2D eigenvalue weighted by atomic mass is 32.1. The average Bonchev–Trinajstić information content (AvgIpc) is 2.45. The van der Waals surface area contributed by atoms with E-state index in [1.807, 2.05) is 44.2 Å². The van der Waals surface area contributed by atoms with Crippen LogP contribution in [0.1, 0.15) is 19.4 Å². The van der Waals surface area contributed by atoms with Crippen LogP contribution in [0.25, 0.3) is 10.8 Å². The predicted octanol–water partition coefficient (Wildman–Crippen LogP) is 3.05. The second kappa shape index (κ2) is 7.04. The Morgan fingerprint density at radius 1 is 1.19 bits per heavy atom. The maximum absolute atomic E-state index is 5.22. The van der Waals surface area contributed by atoms with Gasteiger partial charge in [0.05, 0.1) is 13.3 Å². The van der Waals surface area contributed by atoms with Gasteiger partial charge in [0.15, 0.2) is 5.11 Å². The fourth-order valence-corrected chi connectivity index (χ4v) is 2.20. The van der Waals surface area contributed by atoms with Crippen LogP contribution in [0.4, 0.5) is 0 Å². The van der Waals surface area contributed by atoms with Crippen molar-refractivity contribution in [2.45, 2.75) is 19.9 Å². The summed E-state index contributed by atoms with van der Waals surface area (Å²) in [6.07, 6.45) is 1.75. The molecule has 0 saturated carbocycles. The number of hydrazone groups is 1. The summed E-state index contributed by atoms with van der Waals surface area (Å²) in [6.45, 7) is 4.05. The molecule has 4 nitrogen and oxygen atoms in total. The molecule has 2 aromatic carbocycles. The van der Waals surface area contributed by atoms with E-state index in [2.05, 4.69) is 21.9 Å². The largest absolute Gasteiger partial charge is 0.497 e. The third-order valence-electron chi connectivity index (χ3n) is 2.87. The fraction of sp³-hybridized carbons (Fsp3) is 0.250. The van der Waals surface area contributed by atoms with Crippen molar-refractivity contribution in [3.05, 3.63) is 42.0 Å². The van der Waals surface area contributed by atoms with Crippen LogP contribution in [0.2, 0.25) is 0 Å². The first-order valence-corrected chi connectivity index (χ1v) is 7.16. The molecule has 21 heavy (non-hydrogen) atoms. The van der Waals surface area contributed by atoms with Gasteiger partial charge in [-0.25, -0.2) is 0 Å². The Kier molecular flexibility index (Phi) is 5.11. The van der Waals surface area contributed by atoms with Crippen molar-refractivity contribution in [3.8, 4) is 5.75 Å². The van der Waals surface area contributed by atoms with E-state index in [0.717, 1.165) is 22.1 Å². The molecule has 2 aromatic rings. The van der Waals surface area contributed by atoms with Gasteiger partial charge in [0.25, 0.3) is 0 Å². The first-order chi connectivity index (χ1) is 10.1. The number of benzene rings is 2. The zero-order valence-electron chi connectivity index (χ0n) is 12.4. The Morgan fingerprint density at radius 2 is 1.90 bits per heavy atom. The summed E-state index contributed by atoms with van der Waals surface area (Å²) >= 11 is 5.10. The van der Waals surface area contributed by atoms with Gasteiger partial charge in [0.1, 0.15) is 5.75 Å². The molecule has 0 unspecified atom stereocenters. The normalized spacial score (nSPS) is 11.0. The Hall–Kier alpha value is -2.14. The summed E-state index contributed by atoms with van der Waals surface area (Å²) in [4.78, 5) is 0. The number of ether oxygens (including phenoxy) is 1. The molecule has 0 fully saturated rings. The molecule has 0 bridgehead atoms. The molecule has 0 aliphatic rings. The number of thiocarbonyl (C=S) groups is 1. The van der Waals surface area contributed by atoms with Crippen LogP contribution in [0.15, 0.2) is 41.5 Å². The molecule has 0 atom stereocenters. The van der Waals surface area contributed by atoms with Crippen molar-refractivity contribution in [2.75, 3.05) is 7.11 Å². The minimum absolute atomic E-state index is 0.288. The lowest BCUT2D eigenvalue weighted by Gasteiger charge is -2.09. The van der Waals surface area contributed by atoms with Gasteiger partial charge >= 0.3 is 0 Å². The van der Waals surface area contributed by atoms with Gasteiger partial charge in [-0.1, -0.05) is 18.2 Å². The first-order valence-electron chi connectivity index (χ1n) is 6.76. The molecular formula is C16H19N3OS. The van der Waals surface area contributed by atoms with Crippen LogP contribution in [0.3, 0.4) is 0 Å². The summed E-state index contributed by atoms with van der Waals surface area (Å²) in [5.74, 6) is 0.857. The number of rotatable bonds is 4. The number of fused-ring (bicyclic) bond motifs is 1. The Morgan fingerprint density at radius 3 is 2.62 bits per heavy atom. The van der Waals surface area contributed by atoms with Gasteiger partial charge in [0.2, 0.25) is 0 Å². The number of hydrogen-bond acceptors (Lipinski definition) is 3. The van der Waals surface area contributed by atoms with Crippen molar-refractivity contribution in [2.24, 2.45) is 5.10 Å². The number of nitrogens with one attached hydrogen (secondary N) is 2. The summed E-state index contributed by atoms with van der Waals surface area (Å²) < 4.78 is 5.22. The third kappa shape index (κ3) is 4.43. The molecule has 0 amide bonds. The standard InChI is InChI=1S/C16H19N3OS/c1-11(2)18-16(21)19-17-10-12-4-5-14-9-15(20-3)7-6-13(14)8-12/h4-11H,1-3H3,(H2,18,19,21)/b17-10-. The number of hydrogen-bond donors (Lipinski definition) is 2. The van der Waals surface area contributed by atoms with E-state index < -0.39 is 0 Å².